The maximum Gasteiger partial charge on any atom is 0.269 e. The largest absolute Gasteiger partial charge is 0.493 e. The highest BCUT2D eigenvalue weighted by Gasteiger charge is 2.41. The summed E-state index contributed by atoms with van der Waals surface area (Å²) in [6, 6.07) is 18.0. The van der Waals surface area contributed by atoms with Gasteiger partial charge in [0.2, 0.25) is 6.23 Å². The lowest BCUT2D eigenvalue weighted by atomic mass is 9.95. The number of nitro benzene ring substituents is 1. The van der Waals surface area contributed by atoms with Gasteiger partial charge in [0.1, 0.15) is 5.75 Å². The van der Waals surface area contributed by atoms with Crippen LogP contribution in [0.3, 0.4) is 0 Å². The Morgan fingerprint density at radius 2 is 1.91 bits per heavy atom. The number of hydrazone groups is 1. The van der Waals surface area contributed by atoms with Crippen molar-refractivity contribution in [3.05, 3.63) is 91.9 Å². The molecule has 0 aliphatic carbocycles. The summed E-state index contributed by atoms with van der Waals surface area (Å²) in [5.74, 6) is 2.00. The molecule has 2 aliphatic rings. The SMILES string of the molecule is COc1ccc(C2=NN3[C@H](C2)c2cc(Br)ccc2O[C@H]3c2cccc([N+](=O)[O-])c2)cc1OC. The number of methoxy groups -OCH3 is 2. The minimum Gasteiger partial charge on any atom is -0.493 e. The third-order valence-electron chi connectivity index (χ3n) is 5.83. The molecule has 0 saturated carbocycles. The number of rotatable bonds is 5. The summed E-state index contributed by atoms with van der Waals surface area (Å²) in [7, 11) is 3.20. The Hall–Kier alpha value is -3.59. The second-order valence-electron chi connectivity index (χ2n) is 7.72. The number of nitro groups is 1. The number of non-ortho nitro benzene ring substituents is 1. The zero-order valence-electron chi connectivity index (χ0n) is 17.9. The Morgan fingerprint density at radius 3 is 2.67 bits per heavy atom. The third-order valence-corrected chi connectivity index (χ3v) is 6.33. The van der Waals surface area contributed by atoms with E-state index in [0.717, 1.165) is 27.1 Å². The molecule has 0 amide bonds. The number of hydrogen-bond donors (Lipinski definition) is 0. The van der Waals surface area contributed by atoms with Crippen LogP contribution in [-0.2, 0) is 0 Å². The highest BCUT2D eigenvalue weighted by molar-refractivity contribution is 9.10. The Balaban J connectivity index is 1.59. The summed E-state index contributed by atoms with van der Waals surface area (Å²) in [6.45, 7) is 0. The lowest BCUT2D eigenvalue weighted by Crippen LogP contribution is -2.33. The smallest absolute Gasteiger partial charge is 0.269 e. The fraction of sp³-hybridized carbons (Fsp3) is 0.208. The first-order valence-corrected chi connectivity index (χ1v) is 11.1. The van der Waals surface area contributed by atoms with E-state index in [1.807, 2.05) is 47.5 Å². The predicted octanol–water partition coefficient (Wildman–Crippen LogP) is 5.62. The van der Waals surface area contributed by atoms with E-state index >= 15 is 0 Å². The molecule has 3 aromatic rings. The average molecular weight is 510 g/mol. The van der Waals surface area contributed by atoms with E-state index in [2.05, 4.69) is 15.9 Å². The molecule has 5 rings (SSSR count). The van der Waals surface area contributed by atoms with E-state index in [9.17, 15) is 10.1 Å². The minimum atomic E-state index is -0.596. The maximum atomic E-state index is 11.3. The first-order chi connectivity index (χ1) is 16.0. The van der Waals surface area contributed by atoms with E-state index in [4.69, 9.17) is 19.3 Å². The lowest BCUT2D eigenvalue weighted by Gasteiger charge is -2.38. The normalized spacial score (nSPS) is 18.6. The third kappa shape index (κ3) is 3.78. The molecule has 0 spiro atoms. The molecule has 2 aliphatic heterocycles. The second-order valence-corrected chi connectivity index (χ2v) is 8.64. The number of nitrogens with zero attached hydrogens (tertiary/aromatic N) is 3. The molecular weight excluding hydrogens is 490 g/mol. The predicted molar refractivity (Wildman–Crippen MR) is 126 cm³/mol. The van der Waals surface area contributed by atoms with Gasteiger partial charge in [-0.1, -0.05) is 28.1 Å². The zero-order chi connectivity index (χ0) is 23.1. The molecule has 0 fully saturated rings. The van der Waals surface area contributed by atoms with Crippen molar-refractivity contribution in [1.29, 1.82) is 0 Å². The molecule has 8 nitrogen and oxygen atoms in total. The van der Waals surface area contributed by atoms with Gasteiger partial charge in [0.15, 0.2) is 11.5 Å². The molecule has 168 valence electrons. The molecule has 0 aromatic heterocycles. The molecule has 33 heavy (non-hydrogen) atoms. The molecule has 9 heteroatoms. The van der Waals surface area contributed by atoms with Crippen molar-refractivity contribution >= 4 is 27.3 Å². The van der Waals surface area contributed by atoms with Crippen LogP contribution >= 0.6 is 15.9 Å². The fourth-order valence-corrected chi connectivity index (χ4v) is 4.64. The lowest BCUT2D eigenvalue weighted by molar-refractivity contribution is -0.385. The number of fused-ring (bicyclic) bond motifs is 3. The average Bonchev–Trinajstić information content (AvgIpc) is 3.29. The van der Waals surface area contributed by atoms with Gasteiger partial charge in [0.25, 0.3) is 5.69 Å². The first kappa shape index (κ1) is 21.3. The van der Waals surface area contributed by atoms with E-state index in [1.165, 1.54) is 12.1 Å². The van der Waals surface area contributed by atoms with Crippen molar-refractivity contribution in [2.45, 2.75) is 18.7 Å². The van der Waals surface area contributed by atoms with Gasteiger partial charge in [-0.2, -0.15) is 5.10 Å². The standard InChI is InChI=1S/C24H20BrN3O5/c1-31-22-8-6-14(11-23(22)32-2)19-13-20-18-12-16(25)7-9-21(18)33-24(27(20)26-19)15-4-3-5-17(10-15)28(29)30/h3-12,20,24H,13H2,1-2H3/t20-,24+/m1/s1. The minimum absolute atomic E-state index is 0.0116. The number of halogens is 1. The van der Waals surface area contributed by atoms with Crippen LogP contribution in [0.25, 0.3) is 0 Å². The zero-order valence-corrected chi connectivity index (χ0v) is 19.5. The molecule has 0 unspecified atom stereocenters. The van der Waals surface area contributed by atoms with Crippen LogP contribution in [0.15, 0.2) is 70.2 Å². The van der Waals surface area contributed by atoms with E-state index < -0.39 is 11.2 Å². The Kier molecular flexibility index (Phi) is 5.41. The molecule has 0 radical (unpaired) electrons. The van der Waals surface area contributed by atoms with Crippen LogP contribution in [0.5, 0.6) is 17.2 Å². The van der Waals surface area contributed by atoms with Crippen LogP contribution in [0.4, 0.5) is 5.69 Å². The molecule has 0 N–H and O–H groups in total. The first-order valence-electron chi connectivity index (χ1n) is 10.3. The van der Waals surface area contributed by atoms with Gasteiger partial charge >= 0.3 is 0 Å². The van der Waals surface area contributed by atoms with Crippen molar-refractivity contribution in [2.24, 2.45) is 5.10 Å². The van der Waals surface area contributed by atoms with Crippen LogP contribution < -0.4 is 14.2 Å². The van der Waals surface area contributed by atoms with Gasteiger partial charge in [0, 0.05) is 39.7 Å². The van der Waals surface area contributed by atoms with E-state index in [1.54, 1.807) is 20.3 Å². The molecular formula is C24H20BrN3O5. The van der Waals surface area contributed by atoms with Gasteiger partial charge in [0.05, 0.1) is 30.9 Å². The highest BCUT2D eigenvalue weighted by Crippen LogP contribution is 2.48. The van der Waals surface area contributed by atoms with Crippen LogP contribution in [0.1, 0.15) is 35.4 Å². The highest BCUT2D eigenvalue weighted by atomic mass is 79.9. The maximum absolute atomic E-state index is 11.3. The summed E-state index contributed by atoms with van der Waals surface area (Å²) in [5, 5.41) is 18.1. The van der Waals surface area contributed by atoms with Crippen LogP contribution in [-0.4, -0.2) is 29.9 Å². The van der Waals surface area contributed by atoms with Gasteiger partial charge in [-0.15, -0.1) is 0 Å². The van der Waals surface area contributed by atoms with E-state index in [0.29, 0.717) is 23.5 Å². The second kappa shape index (κ2) is 8.40. The van der Waals surface area contributed by atoms with Crippen LogP contribution in [0.2, 0.25) is 0 Å². The Morgan fingerprint density at radius 1 is 1.09 bits per heavy atom. The van der Waals surface area contributed by atoms with Crippen molar-refractivity contribution in [3.63, 3.8) is 0 Å². The fourth-order valence-electron chi connectivity index (χ4n) is 4.26. The van der Waals surface area contributed by atoms with Gasteiger partial charge < -0.3 is 14.2 Å². The Bertz CT molecular complexity index is 1280. The van der Waals surface area contributed by atoms with Crippen molar-refractivity contribution in [3.8, 4) is 17.2 Å². The topological polar surface area (TPSA) is 86.4 Å². The monoisotopic (exact) mass is 509 g/mol. The molecule has 0 saturated heterocycles. The van der Waals surface area contributed by atoms with E-state index in [-0.39, 0.29) is 11.7 Å². The summed E-state index contributed by atoms with van der Waals surface area (Å²) >= 11 is 3.55. The van der Waals surface area contributed by atoms with Crippen molar-refractivity contribution in [2.75, 3.05) is 14.2 Å². The molecule has 3 aromatic carbocycles. The summed E-state index contributed by atoms with van der Waals surface area (Å²) in [6.07, 6.45) is 0.0505. The summed E-state index contributed by atoms with van der Waals surface area (Å²) < 4.78 is 18.1. The quantitative estimate of drug-likeness (QED) is 0.327. The van der Waals surface area contributed by atoms with Crippen LogP contribution in [0, 0.1) is 10.1 Å². The molecule has 2 heterocycles. The Labute approximate surface area is 198 Å². The van der Waals surface area contributed by atoms with Gasteiger partial charge in [-0.3, -0.25) is 10.1 Å². The number of ether oxygens (including phenoxy) is 3. The molecule has 2 atom stereocenters. The molecule has 0 bridgehead atoms. The number of hydrogen-bond acceptors (Lipinski definition) is 7. The van der Waals surface area contributed by atoms with Crippen molar-refractivity contribution in [1.82, 2.24) is 5.01 Å². The van der Waals surface area contributed by atoms with Crippen molar-refractivity contribution < 1.29 is 19.1 Å². The van der Waals surface area contributed by atoms with Gasteiger partial charge in [-0.05, 0) is 36.4 Å². The van der Waals surface area contributed by atoms with Gasteiger partial charge in [-0.25, -0.2) is 5.01 Å². The summed E-state index contributed by atoms with van der Waals surface area (Å²) in [5.41, 5.74) is 3.46. The number of benzene rings is 3. The summed E-state index contributed by atoms with van der Waals surface area (Å²) in [4.78, 5) is 10.9.